The van der Waals surface area contributed by atoms with Crippen molar-refractivity contribution >= 4 is 23.3 Å². The molecular weight excluding hydrogens is 300 g/mol. The maximum Gasteiger partial charge on any atom is 0.266 e. The van der Waals surface area contributed by atoms with Crippen LogP contribution < -0.4 is 5.56 Å². The van der Waals surface area contributed by atoms with Gasteiger partial charge in [-0.1, -0.05) is 6.92 Å². The van der Waals surface area contributed by atoms with Crippen molar-refractivity contribution in [2.24, 2.45) is 0 Å². The van der Waals surface area contributed by atoms with Gasteiger partial charge in [0.25, 0.3) is 5.56 Å². The minimum Gasteiger partial charge on any atom is -0.340 e. The average molecular weight is 320 g/mol. The van der Waals surface area contributed by atoms with Gasteiger partial charge in [-0.15, -0.1) is 0 Å². The van der Waals surface area contributed by atoms with E-state index in [0.717, 1.165) is 35.8 Å². The molecule has 3 heterocycles. The molecule has 2 aromatic rings. The van der Waals surface area contributed by atoms with Gasteiger partial charge in [0.2, 0.25) is 5.91 Å². The SMILES string of the molecule is Cc1nc2cc(=O)[nH]n2c(C)c1CC(=O)N1CCS[C@@H](C)C1. The third-order valence-corrected chi connectivity index (χ3v) is 5.26. The molecule has 22 heavy (non-hydrogen) atoms. The van der Waals surface area contributed by atoms with Crippen molar-refractivity contribution in [2.45, 2.75) is 32.4 Å². The first-order valence-electron chi connectivity index (χ1n) is 7.43. The van der Waals surface area contributed by atoms with Gasteiger partial charge in [-0.3, -0.25) is 14.7 Å². The molecule has 0 bridgehead atoms. The number of carbonyl (C=O) groups excluding carboxylic acids is 1. The second-order valence-corrected chi connectivity index (χ2v) is 7.32. The zero-order valence-corrected chi connectivity index (χ0v) is 13.9. The van der Waals surface area contributed by atoms with Crippen molar-refractivity contribution in [2.75, 3.05) is 18.8 Å². The van der Waals surface area contributed by atoms with Crippen LogP contribution in [0.3, 0.4) is 0 Å². The van der Waals surface area contributed by atoms with Crippen molar-refractivity contribution < 1.29 is 4.79 Å². The van der Waals surface area contributed by atoms with Crippen LogP contribution in [0, 0.1) is 13.8 Å². The predicted octanol–water partition coefficient (Wildman–Crippen LogP) is 1.15. The van der Waals surface area contributed by atoms with Crippen LogP contribution in [0.4, 0.5) is 0 Å². The minimum absolute atomic E-state index is 0.133. The second-order valence-electron chi connectivity index (χ2n) is 5.77. The number of aryl methyl sites for hydroxylation is 2. The monoisotopic (exact) mass is 320 g/mol. The molecule has 6 nitrogen and oxygen atoms in total. The summed E-state index contributed by atoms with van der Waals surface area (Å²) in [7, 11) is 0. The Balaban J connectivity index is 1.89. The molecule has 1 aliphatic rings. The van der Waals surface area contributed by atoms with Gasteiger partial charge in [0.05, 0.1) is 6.42 Å². The standard InChI is InChI=1S/C15H20N4O2S/c1-9-8-18(4-5-22-9)15(21)6-12-10(2)16-13-7-14(20)17-19(13)11(12)3/h7,9H,4-6,8H2,1-3H3,(H,17,20)/t9-/m0/s1. The molecule has 7 heteroatoms. The molecule has 1 atom stereocenters. The molecule has 1 amide bonds. The van der Waals surface area contributed by atoms with Crippen LogP contribution in [0.5, 0.6) is 0 Å². The van der Waals surface area contributed by atoms with Crippen molar-refractivity contribution in [3.63, 3.8) is 0 Å². The molecule has 118 valence electrons. The highest BCUT2D eigenvalue weighted by atomic mass is 32.2. The van der Waals surface area contributed by atoms with Crippen molar-refractivity contribution in [3.8, 4) is 0 Å². The summed E-state index contributed by atoms with van der Waals surface area (Å²) in [5.74, 6) is 1.13. The molecule has 0 spiro atoms. The summed E-state index contributed by atoms with van der Waals surface area (Å²) < 4.78 is 1.66. The average Bonchev–Trinajstić information content (AvgIpc) is 2.84. The molecule has 1 saturated heterocycles. The number of aromatic amines is 1. The summed E-state index contributed by atoms with van der Waals surface area (Å²) >= 11 is 1.91. The number of thioether (sulfide) groups is 1. The fourth-order valence-electron chi connectivity index (χ4n) is 2.92. The Bertz CT molecular complexity index is 780. The number of amides is 1. The van der Waals surface area contributed by atoms with Crippen LogP contribution in [-0.4, -0.2) is 49.5 Å². The first-order chi connectivity index (χ1) is 10.5. The van der Waals surface area contributed by atoms with E-state index in [-0.39, 0.29) is 11.5 Å². The van der Waals surface area contributed by atoms with Crippen molar-refractivity contribution in [3.05, 3.63) is 33.4 Å². The Morgan fingerprint density at radius 2 is 2.27 bits per heavy atom. The van der Waals surface area contributed by atoms with E-state index in [1.54, 1.807) is 4.52 Å². The highest BCUT2D eigenvalue weighted by Gasteiger charge is 2.23. The largest absolute Gasteiger partial charge is 0.340 e. The van der Waals surface area contributed by atoms with Gasteiger partial charge >= 0.3 is 0 Å². The number of H-pyrrole nitrogens is 1. The summed E-state index contributed by atoms with van der Waals surface area (Å²) in [5.41, 5.74) is 3.00. The van der Waals surface area contributed by atoms with Crippen LogP contribution in [0.25, 0.3) is 5.65 Å². The Labute approximate surface area is 132 Å². The van der Waals surface area contributed by atoms with E-state index in [9.17, 15) is 9.59 Å². The lowest BCUT2D eigenvalue weighted by molar-refractivity contribution is -0.130. The zero-order valence-electron chi connectivity index (χ0n) is 13.0. The summed E-state index contributed by atoms with van der Waals surface area (Å²) in [6.45, 7) is 7.56. The maximum atomic E-state index is 12.6. The number of fused-ring (bicyclic) bond motifs is 1. The lowest BCUT2D eigenvalue weighted by atomic mass is 10.1. The van der Waals surface area contributed by atoms with Crippen LogP contribution >= 0.6 is 11.8 Å². The lowest BCUT2D eigenvalue weighted by Gasteiger charge is -2.31. The number of nitrogens with one attached hydrogen (secondary N) is 1. The Morgan fingerprint density at radius 1 is 1.50 bits per heavy atom. The van der Waals surface area contributed by atoms with Gasteiger partial charge in [0.15, 0.2) is 5.65 Å². The van der Waals surface area contributed by atoms with E-state index < -0.39 is 0 Å². The topological polar surface area (TPSA) is 70.5 Å². The number of hydrogen-bond donors (Lipinski definition) is 1. The fourth-order valence-corrected chi connectivity index (χ4v) is 3.93. The van der Waals surface area contributed by atoms with E-state index in [0.29, 0.717) is 17.3 Å². The minimum atomic E-state index is -0.180. The molecule has 1 aliphatic heterocycles. The molecular formula is C15H20N4O2S. The van der Waals surface area contributed by atoms with Gasteiger partial charge in [-0.2, -0.15) is 11.8 Å². The molecule has 0 radical (unpaired) electrons. The summed E-state index contributed by atoms with van der Waals surface area (Å²) in [6, 6.07) is 1.47. The van der Waals surface area contributed by atoms with E-state index in [1.807, 2.05) is 30.5 Å². The van der Waals surface area contributed by atoms with E-state index in [4.69, 9.17) is 0 Å². The quantitative estimate of drug-likeness (QED) is 0.901. The highest BCUT2D eigenvalue weighted by Crippen LogP contribution is 2.20. The number of hydrogen-bond acceptors (Lipinski definition) is 4. The molecule has 0 aliphatic carbocycles. The number of carbonyl (C=O) groups is 1. The third-order valence-electron chi connectivity index (χ3n) is 4.12. The van der Waals surface area contributed by atoms with Gasteiger partial charge in [0, 0.05) is 47.1 Å². The van der Waals surface area contributed by atoms with Gasteiger partial charge < -0.3 is 4.90 Å². The molecule has 0 aromatic carbocycles. The number of aromatic nitrogens is 3. The van der Waals surface area contributed by atoms with Crippen LogP contribution in [0.2, 0.25) is 0 Å². The van der Waals surface area contributed by atoms with E-state index in [1.165, 1.54) is 6.07 Å². The lowest BCUT2D eigenvalue weighted by Crippen LogP contribution is -2.42. The van der Waals surface area contributed by atoms with Crippen LogP contribution in [0.15, 0.2) is 10.9 Å². The molecule has 1 N–H and O–H groups in total. The van der Waals surface area contributed by atoms with Crippen molar-refractivity contribution in [1.29, 1.82) is 0 Å². The molecule has 0 saturated carbocycles. The maximum absolute atomic E-state index is 12.6. The summed E-state index contributed by atoms with van der Waals surface area (Å²) in [4.78, 5) is 30.4. The van der Waals surface area contributed by atoms with Gasteiger partial charge in [-0.05, 0) is 13.8 Å². The Hall–Kier alpha value is -1.76. The van der Waals surface area contributed by atoms with Gasteiger partial charge in [0.1, 0.15) is 0 Å². The van der Waals surface area contributed by atoms with Crippen LogP contribution in [0.1, 0.15) is 23.9 Å². The predicted molar refractivity (Wildman–Crippen MR) is 87.5 cm³/mol. The fraction of sp³-hybridized carbons (Fsp3) is 0.533. The number of nitrogens with zero attached hydrogens (tertiary/aromatic N) is 3. The molecule has 2 aromatic heterocycles. The van der Waals surface area contributed by atoms with E-state index >= 15 is 0 Å². The van der Waals surface area contributed by atoms with E-state index in [2.05, 4.69) is 17.0 Å². The Morgan fingerprint density at radius 3 is 3.00 bits per heavy atom. The zero-order chi connectivity index (χ0) is 15.9. The summed E-state index contributed by atoms with van der Waals surface area (Å²) in [6.07, 6.45) is 0.332. The Kier molecular flexibility index (Phi) is 3.99. The normalized spacial score (nSPS) is 18.9. The first kappa shape index (κ1) is 15.1. The second kappa shape index (κ2) is 5.79. The first-order valence-corrected chi connectivity index (χ1v) is 8.48. The molecule has 3 rings (SSSR count). The molecule has 0 unspecified atom stereocenters. The highest BCUT2D eigenvalue weighted by molar-refractivity contribution is 7.99. The van der Waals surface area contributed by atoms with Crippen molar-refractivity contribution in [1.82, 2.24) is 19.5 Å². The number of rotatable bonds is 2. The third kappa shape index (κ3) is 2.77. The summed E-state index contributed by atoms with van der Waals surface area (Å²) in [5, 5.41) is 3.21. The molecule has 1 fully saturated rings. The smallest absolute Gasteiger partial charge is 0.266 e. The van der Waals surface area contributed by atoms with Gasteiger partial charge in [-0.25, -0.2) is 9.50 Å². The van der Waals surface area contributed by atoms with Crippen LogP contribution in [-0.2, 0) is 11.2 Å².